The number of aliphatic imine (C=N–C) groups is 1. The molecule has 142 valence electrons. The highest BCUT2D eigenvalue weighted by atomic mass is 15.4. The van der Waals surface area contributed by atoms with Crippen LogP contribution in [0.3, 0.4) is 0 Å². The van der Waals surface area contributed by atoms with Gasteiger partial charge in [0.2, 0.25) is 5.95 Å². The second kappa shape index (κ2) is 9.46. The molecule has 1 heterocycles. The first kappa shape index (κ1) is 19.3. The summed E-state index contributed by atoms with van der Waals surface area (Å²) in [5.41, 5.74) is 2.96. The molecular weight excluding hydrogens is 346 g/mol. The van der Waals surface area contributed by atoms with Crippen molar-refractivity contribution in [3.8, 4) is 0 Å². The third kappa shape index (κ3) is 4.62. The van der Waals surface area contributed by atoms with Crippen LogP contribution < -0.4 is 5.32 Å². The minimum absolute atomic E-state index is 0.0463. The van der Waals surface area contributed by atoms with Crippen molar-refractivity contribution in [2.75, 3.05) is 5.32 Å². The number of rotatable bonds is 9. The summed E-state index contributed by atoms with van der Waals surface area (Å²) in [4.78, 5) is 9.11. The first-order chi connectivity index (χ1) is 13.7. The number of nitrogens with zero attached hydrogens (tertiary/aromatic N) is 4. The Balaban J connectivity index is 1.87. The molecule has 0 aliphatic carbocycles. The van der Waals surface area contributed by atoms with Crippen molar-refractivity contribution in [2.45, 2.75) is 25.8 Å². The first-order valence-corrected chi connectivity index (χ1v) is 9.38. The molecule has 5 nitrogen and oxygen atoms in total. The summed E-state index contributed by atoms with van der Waals surface area (Å²) in [6.07, 6.45) is 6.52. The van der Waals surface area contributed by atoms with Gasteiger partial charge < -0.3 is 5.32 Å². The number of benzene rings is 2. The van der Waals surface area contributed by atoms with Crippen LogP contribution in [0.2, 0.25) is 0 Å². The molecule has 0 saturated carbocycles. The quantitative estimate of drug-likeness (QED) is 0.391. The summed E-state index contributed by atoms with van der Waals surface area (Å²) in [6, 6.07) is 18.0. The Kier molecular flexibility index (Phi) is 6.52. The van der Waals surface area contributed by atoms with Crippen molar-refractivity contribution >= 4 is 23.5 Å². The smallest absolute Gasteiger partial charge is 0.246 e. The third-order valence-corrected chi connectivity index (χ3v) is 4.22. The Morgan fingerprint density at radius 2 is 1.86 bits per heavy atom. The number of hydrogen-bond acceptors (Lipinski definition) is 4. The predicted octanol–water partition coefficient (Wildman–Crippen LogP) is 5.64. The molecule has 5 heteroatoms. The minimum Gasteiger partial charge on any atom is -0.323 e. The van der Waals surface area contributed by atoms with Gasteiger partial charge in [0.15, 0.2) is 0 Å². The van der Waals surface area contributed by atoms with Gasteiger partial charge in [-0.25, -0.2) is 4.68 Å². The number of anilines is 2. The summed E-state index contributed by atoms with van der Waals surface area (Å²) in [7, 11) is 0. The molecule has 3 rings (SSSR count). The highest BCUT2D eigenvalue weighted by molar-refractivity contribution is 5.64. The van der Waals surface area contributed by atoms with Crippen LogP contribution in [0.25, 0.3) is 0 Å². The van der Waals surface area contributed by atoms with E-state index >= 15 is 0 Å². The molecule has 0 saturated heterocycles. The standard InChI is InChI=1S/C23H25N5/c1-4-16-24-19-12-14-20(15-13-19)25-23-26-22(28(27-23)17-5-2)21(6-3)18-10-8-7-9-11-18/h5-16,21H,2-4,17H2,1H3,(H,25,27). The fourth-order valence-corrected chi connectivity index (χ4v) is 2.90. The van der Waals surface area contributed by atoms with E-state index in [1.54, 1.807) is 0 Å². The highest BCUT2D eigenvalue weighted by Gasteiger charge is 2.19. The van der Waals surface area contributed by atoms with E-state index < -0.39 is 0 Å². The van der Waals surface area contributed by atoms with Crippen LogP contribution in [0.15, 0.2) is 84.9 Å². The van der Waals surface area contributed by atoms with Gasteiger partial charge in [0.05, 0.1) is 18.2 Å². The lowest BCUT2D eigenvalue weighted by atomic mass is 9.98. The maximum absolute atomic E-state index is 4.74. The Labute approximate surface area is 166 Å². The van der Waals surface area contributed by atoms with E-state index in [1.165, 1.54) is 0 Å². The molecule has 2 aromatic carbocycles. The molecule has 0 fully saturated rings. The molecule has 0 radical (unpaired) electrons. The van der Waals surface area contributed by atoms with Gasteiger partial charge in [0.1, 0.15) is 5.82 Å². The maximum Gasteiger partial charge on any atom is 0.246 e. The summed E-state index contributed by atoms with van der Waals surface area (Å²) in [5.74, 6) is 1.33. The van der Waals surface area contributed by atoms with Crippen molar-refractivity contribution in [1.82, 2.24) is 14.8 Å². The van der Waals surface area contributed by atoms with Crippen molar-refractivity contribution in [3.05, 3.63) is 91.3 Å². The van der Waals surface area contributed by atoms with Crippen molar-refractivity contribution in [1.29, 1.82) is 0 Å². The highest BCUT2D eigenvalue weighted by Crippen LogP contribution is 2.26. The molecule has 0 aliphatic heterocycles. The normalized spacial score (nSPS) is 12.0. The molecule has 1 aromatic heterocycles. The number of hydrogen-bond donors (Lipinski definition) is 1. The molecule has 1 N–H and O–H groups in total. The second-order valence-corrected chi connectivity index (χ2v) is 6.28. The molecule has 28 heavy (non-hydrogen) atoms. The van der Waals surface area contributed by atoms with E-state index in [9.17, 15) is 0 Å². The first-order valence-electron chi connectivity index (χ1n) is 9.38. The van der Waals surface area contributed by atoms with Gasteiger partial charge in [-0.05, 0) is 36.2 Å². The lowest BCUT2D eigenvalue weighted by Gasteiger charge is -2.12. The van der Waals surface area contributed by atoms with Gasteiger partial charge in [-0.3, -0.25) is 4.99 Å². The fourth-order valence-electron chi connectivity index (χ4n) is 2.90. The van der Waals surface area contributed by atoms with Crippen LogP contribution in [0.4, 0.5) is 17.3 Å². The molecule has 0 amide bonds. The van der Waals surface area contributed by atoms with Gasteiger partial charge in [-0.1, -0.05) is 49.4 Å². The maximum atomic E-state index is 4.74. The predicted molar refractivity (Wildman–Crippen MR) is 117 cm³/mol. The molecule has 0 aliphatic rings. The van der Waals surface area contributed by atoms with Crippen molar-refractivity contribution in [2.24, 2.45) is 4.99 Å². The van der Waals surface area contributed by atoms with E-state index in [2.05, 4.69) is 47.6 Å². The average Bonchev–Trinajstić information content (AvgIpc) is 3.11. The number of nitrogens with one attached hydrogen (secondary N) is 1. The van der Waals surface area contributed by atoms with Crippen LogP contribution in [0.1, 0.15) is 30.7 Å². The number of aromatic nitrogens is 3. The third-order valence-electron chi connectivity index (χ3n) is 4.22. The molecule has 0 bridgehead atoms. The van der Waals surface area contributed by atoms with Crippen LogP contribution in [-0.2, 0) is 6.54 Å². The Morgan fingerprint density at radius 3 is 2.50 bits per heavy atom. The van der Waals surface area contributed by atoms with Crippen LogP contribution in [0, 0.1) is 0 Å². The second-order valence-electron chi connectivity index (χ2n) is 6.28. The van der Waals surface area contributed by atoms with Gasteiger partial charge in [-0.2, -0.15) is 4.98 Å². The van der Waals surface area contributed by atoms with Crippen LogP contribution in [0.5, 0.6) is 0 Å². The van der Waals surface area contributed by atoms with Crippen LogP contribution in [-0.4, -0.2) is 21.0 Å². The SMILES string of the molecule is C=CCn1nc(Nc2ccc(N=CCC)cc2)nc1C(C=C)c1ccccc1. The van der Waals surface area contributed by atoms with Gasteiger partial charge in [0.25, 0.3) is 0 Å². The molecule has 3 aromatic rings. The van der Waals surface area contributed by atoms with Gasteiger partial charge in [0, 0.05) is 11.9 Å². The summed E-state index contributed by atoms with van der Waals surface area (Å²) in [5, 5.41) is 7.88. The lowest BCUT2D eigenvalue weighted by molar-refractivity contribution is 0.646. The topological polar surface area (TPSA) is 55.1 Å². The Bertz CT molecular complexity index is 939. The number of allylic oxidation sites excluding steroid dienone is 2. The van der Waals surface area contributed by atoms with Crippen molar-refractivity contribution < 1.29 is 0 Å². The zero-order chi connectivity index (χ0) is 19.8. The van der Waals surface area contributed by atoms with E-state index in [0.717, 1.165) is 29.2 Å². The lowest BCUT2D eigenvalue weighted by Crippen LogP contribution is -2.09. The molecule has 1 atom stereocenters. The van der Waals surface area contributed by atoms with E-state index in [-0.39, 0.29) is 5.92 Å². The zero-order valence-electron chi connectivity index (χ0n) is 16.1. The van der Waals surface area contributed by atoms with Gasteiger partial charge >= 0.3 is 0 Å². The Hall–Kier alpha value is -3.47. The Morgan fingerprint density at radius 1 is 1.11 bits per heavy atom. The van der Waals surface area contributed by atoms with Crippen LogP contribution >= 0.6 is 0 Å². The largest absolute Gasteiger partial charge is 0.323 e. The van der Waals surface area contributed by atoms with E-state index in [4.69, 9.17) is 4.98 Å². The van der Waals surface area contributed by atoms with Gasteiger partial charge in [-0.15, -0.1) is 18.3 Å². The summed E-state index contributed by atoms with van der Waals surface area (Å²) < 4.78 is 1.86. The van der Waals surface area contributed by atoms with E-state index in [1.807, 2.05) is 65.5 Å². The summed E-state index contributed by atoms with van der Waals surface area (Å²) >= 11 is 0. The monoisotopic (exact) mass is 371 g/mol. The van der Waals surface area contributed by atoms with E-state index in [0.29, 0.717) is 12.5 Å². The van der Waals surface area contributed by atoms with Crippen molar-refractivity contribution in [3.63, 3.8) is 0 Å². The zero-order valence-corrected chi connectivity index (χ0v) is 16.1. The molecule has 1 unspecified atom stereocenters. The molecular formula is C23H25N5. The summed E-state index contributed by atoms with van der Waals surface area (Å²) in [6.45, 7) is 10.5. The minimum atomic E-state index is -0.0463. The average molecular weight is 371 g/mol. The molecule has 0 spiro atoms. The fraction of sp³-hybridized carbons (Fsp3) is 0.174.